The minimum atomic E-state index is -3.53. The highest BCUT2D eigenvalue weighted by atomic mass is 32.2. The van der Waals surface area contributed by atoms with Crippen LogP contribution in [0.2, 0.25) is 0 Å². The quantitative estimate of drug-likeness (QED) is 0.628. The first-order valence-electron chi connectivity index (χ1n) is 8.02. The highest BCUT2D eigenvalue weighted by Gasteiger charge is 2.16. The lowest BCUT2D eigenvalue weighted by Crippen LogP contribution is -2.11. The van der Waals surface area contributed by atoms with Gasteiger partial charge in [0, 0.05) is 21.9 Å². The molecular formula is C19H20N2O2S2. The van der Waals surface area contributed by atoms with E-state index in [9.17, 15) is 8.42 Å². The lowest BCUT2D eigenvalue weighted by molar-refractivity contribution is 0.603. The fourth-order valence-electron chi connectivity index (χ4n) is 2.49. The van der Waals surface area contributed by atoms with Crippen molar-refractivity contribution in [1.29, 1.82) is 0 Å². The van der Waals surface area contributed by atoms with Gasteiger partial charge in [-0.2, -0.15) is 0 Å². The van der Waals surface area contributed by atoms with E-state index in [2.05, 4.69) is 23.0 Å². The summed E-state index contributed by atoms with van der Waals surface area (Å²) in [6, 6.07) is 18.8. The molecule has 130 valence electrons. The zero-order valence-corrected chi connectivity index (χ0v) is 15.7. The number of hydrogen-bond acceptors (Lipinski definition) is 4. The summed E-state index contributed by atoms with van der Waals surface area (Å²) in [5.74, 6) is 0. The first kappa shape index (κ1) is 17.5. The minimum absolute atomic E-state index is 0.323. The zero-order valence-electron chi connectivity index (χ0n) is 14.1. The summed E-state index contributed by atoms with van der Waals surface area (Å²) >= 11 is 1.26. The van der Waals surface area contributed by atoms with Gasteiger partial charge in [-0.15, -0.1) is 11.3 Å². The Bertz CT molecular complexity index is 961. The molecule has 2 N–H and O–H groups in total. The van der Waals surface area contributed by atoms with Gasteiger partial charge in [-0.3, -0.25) is 4.72 Å². The highest BCUT2D eigenvalue weighted by Crippen LogP contribution is 2.25. The van der Waals surface area contributed by atoms with Crippen molar-refractivity contribution in [1.82, 2.24) is 0 Å². The SMILES string of the molecule is CCc1ccccc1Nc1ccc(NS(=O)(=O)c2ccc(C)s2)cc1. The van der Waals surface area contributed by atoms with Crippen LogP contribution >= 0.6 is 11.3 Å². The molecule has 1 heterocycles. The highest BCUT2D eigenvalue weighted by molar-refractivity contribution is 7.94. The van der Waals surface area contributed by atoms with Crippen LogP contribution in [0.3, 0.4) is 0 Å². The number of benzene rings is 2. The number of anilines is 3. The van der Waals surface area contributed by atoms with Crippen LogP contribution in [0.4, 0.5) is 17.1 Å². The van der Waals surface area contributed by atoms with Gasteiger partial charge >= 0.3 is 0 Å². The molecule has 3 aromatic rings. The predicted molar refractivity (Wildman–Crippen MR) is 105 cm³/mol. The van der Waals surface area contributed by atoms with Crippen molar-refractivity contribution in [3.05, 3.63) is 71.1 Å². The third-order valence-electron chi connectivity index (χ3n) is 3.79. The van der Waals surface area contributed by atoms with Gasteiger partial charge in [0.15, 0.2) is 0 Å². The van der Waals surface area contributed by atoms with Crippen molar-refractivity contribution in [3.63, 3.8) is 0 Å². The van der Waals surface area contributed by atoms with E-state index in [1.807, 2.05) is 37.3 Å². The Morgan fingerprint density at radius 2 is 1.60 bits per heavy atom. The van der Waals surface area contributed by atoms with Crippen LogP contribution in [-0.2, 0) is 16.4 Å². The van der Waals surface area contributed by atoms with Crippen molar-refractivity contribution >= 4 is 38.4 Å². The van der Waals surface area contributed by atoms with Crippen LogP contribution < -0.4 is 10.0 Å². The first-order chi connectivity index (χ1) is 12.0. The van der Waals surface area contributed by atoms with Gasteiger partial charge in [-0.1, -0.05) is 25.1 Å². The molecular weight excluding hydrogens is 352 g/mol. The summed E-state index contributed by atoms with van der Waals surface area (Å²) in [6.07, 6.45) is 0.946. The summed E-state index contributed by atoms with van der Waals surface area (Å²) in [7, 11) is -3.53. The average molecular weight is 373 g/mol. The van der Waals surface area contributed by atoms with Crippen LogP contribution in [0, 0.1) is 6.92 Å². The molecule has 2 aromatic carbocycles. The minimum Gasteiger partial charge on any atom is -0.355 e. The van der Waals surface area contributed by atoms with Crippen molar-refractivity contribution in [2.45, 2.75) is 24.5 Å². The third kappa shape index (κ3) is 4.21. The largest absolute Gasteiger partial charge is 0.355 e. The summed E-state index contributed by atoms with van der Waals surface area (Å²) < 4.78 is 27.7. The van der Waals surface area contributed by atoms with Gasteiger partial charge in [0.1, 0.15) is 4.21 Å². The van der Waals surface area contributed by atoms with Gasteiger partial charge < -0.3 is 5.32 Å². The van der Waals surface area contributed by atoms with Crippen LogP contribution in [0.15, 0.2) is 64.9 Å². The van der Waals surface area contributed by atoms with Crippen molar-refractivity contribution < 1.29 is 8.42 Å². The number of sulfonamides is 1. The summed E-state index contributed by atoms with van der Waals surface area (Å²) in [4.78, 5) is 0.967. The zero-order chi connectivity index (χ0) is 17.9. The number of para-hydroxylation sites is 1. The molecule has 0 amide bonds. The molecule has 0 aliphatic carbocycles. The fraction of sp³-hybridized carbons (Fsp3) is 0.158. The van der Waals surface area contributed by atoms with Crippen LogP contribution in [-0.4, -0.2) is 8.42 Å². The van der Waals surface area contributed by atoms with E-state index in [0.717, 1.165) is 22.7 Å². The van der Waals surface area contributed by atoms with Gasteiger partial charge in [-0.05, 0) is 61.4 Å². The molecule has 0 atom stereocenters. The molecule has 25 heavy (non-hydrogen) atoms. The van der Waals surface area contributed by atoms with Crippen molar-refractivity contribution in [2.24, 2.45) is 0 Å². The number of aryl methyl sites for hydroxylation is 2. The first-order valence-corrected chi connectivity index (χ1v) is 10.3. The second-order valence-corrected chi connectivity index (χ2v) is 8.88. The van der Waals surface area contributed by atoms with E-state index in [1.165, 1.54) is 16.9 Å². The molecule has 0 bridgehead atoms. The van der Waals surface area contributed by atoms with Crippen LogP contribution in [0.5, 0.6) is 0 Å². The molecule has 0 aliphatic rings. The van der Waals surface area contributed by atoms with Crippen molar-refractivity contribution in [2.75, 3.05) is 10.0 Å². The van der Waals surface area contributed by atoms with Crippen LogP contribution in [0.25, 0.3) is 0 Å². The molecule has 0 saturated heterocycles. The maximum Gasteiger partial charge on any atom is 0.271 e. The molecule has 0 aliphatic heterocycles. The van der Waals surface area contributed by atoms with Crippen LogP contribution in [0.1, 0.15) is 17.4 Å². The van der Waals surface area contributed by atoms with Gasteiger partial charge in [0.25, 0.3) is 10.0 Å². The van der Waals surface area contributed by atoms with Crippen molar-refractivity contribution in [3.8, 4) is 0 Å². The Morgan fingerprint density at radius 1 is 0.920 bits per heavy atom. The molecule has 0 saturated carbocycles. The maximum absolute atomic E-state index is 12.4. The Balaban J connectivity index is 1.74. The number of thiophene rings is 1. The Hall–Kier alpha value is -2.31. The monoisotopic (exact) mass is 372 g/mol. The summed E-state index contributed by atoms with van der Waals surface area (Å²) in [6.45, 7) is 4.00. The second-order valence-electron chi connectivity index (χ2n) is 5.68. The normalized spacial score (nSPS) is 11.3. The standard InChI is InChI=1S/C19H20N2O2S2/c1-3-15-6-4-5-7-18(15)20-16-9-11-17(12-10-16)21-25(22,23)19-13-8-14(2)24-19/h4-13,20-21H,3H2,1-2H3. The van der Waals surface area contributed by atoms with Gasteiger partial charge in [0.2, 0.25) is 0 Å². The summed E-state index contributed by atoms with van der Waals surface area (Å²) in [5.41, 5.74) is 3.75. The predicted octanol–water partition coefficient (Wildman–Crippen LogP) is 5.16. The van der Waals surface area contributed by atoms with E-state index in [1.54, 1.807) is 24.3 Å². The van der Waals surface area contributed by atoms with E-state index in [0.29, 0.717) is 9.90 Å². The molecule has 0 fully saturated rings. The Kier molecular flexibility index (Phi) is 5.11. The Labute approximate surface area is 152 Å². The Morgan fingerprint density at radius 3 is 2.24 bits per heavy atom. The molecule has 0 radical (unpaired) electrons. The smallest absolute Gasteiger partial charge is 0.271 e. The third-order valence-corrected chi connectivity index (χ3v) is 6.67. The lowest BCUT2D eigenvalue weighted by Gasteiger charge is -2.12. The topological polar surface area (TPSA) is 58.2 Å². The number of hydrogen-bond donors (Lipinski definition) is 2. The fourth-order valence-corrected chi connectivity index (χ4v) is 4.83. The molecule has 0 spiro atoms. The summed E-state index contributed by atoms with van der Waals surface area (Å²) in [5, 5.41) is 3.37. The molecule has 1 aromatic heterocycles. The van der Waals surface area contributed by atoms with E-state index >= 15 is 0 Å². The van der Waals surface area contributed by atoms with Gasteiger partial charge in [-0.25, -0.2) is 8.42 Å². The van der Waals surface area contributed by atoms with E-state index < -0.39 is 10.0 Å². The van der Waals surface area contributed by atoms with E-state index in [-0.39, 0.29) is 0 Å². The van der Waals surface area contributed by atoms with Gasteiger partial charge in [0.05, 0.1) is 0 Å². The number of nitrogens with one attached hydrogen (secondary N) is 2. The average Bonchev–Trinajstić information content (AvgIpc) is 3.04. The molecule has 0 unspecified atom stereocenters. The maximum atomic E-state index is 12.4. The second kappa shape index (κ2) is 7.29. The lowest BCUT2D eigenvalue weighted by atomic mass is 10.1. The molecule has 6 heteroatoms. The number of rotatable bonds is 6. The molecule has 3 rings (SSSR count). The molecule has 4 nitrogen and oxygen atoms in total. The van der Waals surface area contributed by atoms with E-state index in [4.69, 9.17) is 0 Å².